The molecule has 0 saturated heterocycles. The average molecular weight is 288 g/mol. The molecule has 0 aromatic heterocycles. The minimum absolute atomic E-state index is 0.00280. The summed E-state index contributed by atoms with van der Waals surface area (Å²) in [5, 5.41) is 0. The van der Waals surface area contributed by atoms with Crippen molar-refractivity contribution in [2.75, 3.05) is 0 Å². The van der Waals surface area contributed by atoms with Crippen molar-refractivity contribution in [3.05, 3.63) is 35.6 Å². The second-order valence-corrected chi connectivity index (χ2v) is 5.27. The van der Waals surface area contributed by atoms with E-state index in [9.17, 15) is 22.4 Å². The first-order valence-corrected chi connectivity index (χ1v) is 6.72. The van der Waals surface area contributed by atoms with Gasteiger partial charge in [0.2, 0.25) is 0 Å². The highest BCUT2D eigenvalue weighted by Gasteiger charge is 2.47. The molecule has 0 heterocycles. The van der Waals surface area contributed by atoms with Gasteiger partial charge in [-0.25, -0.2) is 4.39 Å². The Morgan fingerprint density at radius 1 is 1.15 bits per heavy atom. The highest BCUT2D eigenvalue weighted by molar-refractivity contribution is 5.83. The maximum Gasteiger partial charge on any atom is 0.392 e. The molecular weight excluding hydrogens is 272 g/mol. The van der Waals surface area contributed by atoms with Crippen LogP contribution in [0.2, 0.25) is 0 Å². The molecule has 2 rings (SSSR count). The van der Waals surface area contributed by atoms with E-state index in [0.717, 1.165) is 0 Å². The molecule has 1 saturated carbocycles. The molecule has 1 aromatic rings. The number of carbonyl (C=O) groups is 1. The Kier molecular flexibility index (Phi) is 4.45. The topological polar surface area (TPSA) is 17.1 Å². The first-order valence-electron chi connectivity index (χ1n) is 6.72. The summed E-state index contributed by atoms with van der Waals surface area (Å²) in [5.41, 5.74) is 0.170. The molecule has 1 nitrogen and oxygen atoms in total. The molecule has 1 aliphatic rings. The molecule has 20 heavy (non-hydrogen) atoms. The van der Waals surface area contributed by atoms with Gasteiger partial charge in [-0.1, -0.05) is 31.0 Å². The van der Waals surface area contributed by atoms with Gasteiger partial charge in [0, 0.05) is 12.3 Å². The lowest BCUT2D eigenvalue weighted by atomic mass is 9.75. The van der Waals surface area contributed by atoms with E-state index in [1.54, 1.807) is 6.07 Å². The predicted molar refractivity (Wildman–Crippen MR) is 66.6 cm³/mol. The van der Waals surface area contributed by atoms with Crippen molar-refractivity contribution >= 4 is 5.78 Å². The van der Waals surface area contributed by atoms with E-state index in [1.165, 1.54) is 18.2 Å². The zero-order valence-electron chi connectivity index (χ0n) is 10.9. The van der Waals surface area contributed by atoms with Gasteiger partial charge in [0.05, 0.1) is 5.92 Å². The number of rotatable bonds is 3. The Hall–Kier alpha value is -1.39. The maximum absolute atomic E-state index is 13.5. The average Bonchev–Trinajstić information content (AvgIpc) is 2.40. The lowest BCUT2D eigenvalue weighted by Gasteiger charge is -2.32. The van der Waals surface area contributed by atoms with Gasteiger partial charge in [-0.05, 0) is 24.5 Å². The summed E-state index contributed by atoms with van der Waals surface area (Å²) in [5.74, 6) is -3.64. The summed E-state index contributed by atoms with van der Waals surface area (Å²) in [6.45, 7) is 0. The van der Waals surface area contributed by atoms with Crippen LogP contribution in [0, 0.1) is 17.7 Å². The molecule has 1 fully saturated rings. The van der Waals surface area contributed by atoms with E-state index in [-0.39, 0.29) is 24.8 Å². The first kappa shape index (κ1) is 15.0. The van der Waals surface area contributed by atoms with Gasteiger partial charge in [-0.15, -0.1) is 0 Å². The van der Waals surface area contributed by atoms with Gasteiger partial charge in [0.15, 0.2) is 0 Å². The van der Waals surface area contributed by atoms with Crippen LogP contribution >= 0.6 is 0 Å². The number of alkyl halides is 3. The molecule has 0 aliphatic heterocycles. The van der Waals surface area contributed by atoms with Gasteiger partial charge < -0.3 is 0 Å². The van der Waals surface area contributed by atoms with Crippen LogP contribution in [0.5, 0.6) is 0 Å². The molecule has 0 radical (unpaired) electrons. The highest BCUT2D eigenvalue weighted by atomic mass is 19.4. The maximum atomic E-state index is 13.5. The van der Waals surface area contributed by atoms with E-state index in [2.05, 4.69) is 0 Å². The van der Waals surface area contributed by atoms with Crippen LogP contribution in [0.1, 0.15) is 31.2 Å². The third-order valence-electron chi connectivity index (χ3n) is 3.92. The van der Waals surface area contributed by atoms with Gasteiger partial charge in [0.25, 0.3) is 0 Å². The largest absolute Gasteiger partial charge is 0.392 e. The number of hydrogen-bond donors (Lipinski definition) is 0. The Morgan fingerprint density at radius 2 is 1.80 bits per heavy atom. The number of carbonyl (C=O) groups excluding carboxylic acids is 1. The third kappa shape index (κ3) is 3.38. The van der Waals surface area contributed by atoms with E-state index in [1.807, 2.05) is 0 Å². The SMILES string of the molecule is O=C(Cc1ccccc1F)C1CCCCC1C(F)(F)F. The van der Waals surface area contributed by atoms with E-state index in [0.29, 0.717) is 12.8 Å². The van der Waals surface area contributed by atoms with Crippen LogP contribution < -0.4 is 0 Å². The third-order valence-corrected chi connectivity index (χ3v) is 3.92. The van der Waals surface area contributed by atoms with E-state index >= 15 is 0 Å². The molecule has 2 unspecified atom stereocenters. The summed E-state index contributed by atoms with van der Waals surface area (Å²) in [4.78, 5) is 12.1. The fourth-order valence-electron chi connectivity index (χ4n) is 2.87. The highest BCUT2D eigenvalue weighted by Crippen LogP contribution is 2.42. The summed E-state index contributed by atoms with van der Waals surface area (Å²) in [6.07, 6.45) is -3.25. The van der Waals surface area contributed by atoms with Crippen LogP contribution in [0.25, 0.3) is 0 Å². The Labute approximate surface area is 115 Å². The number of hydrogen-bond acceptors (Lipinski definition) is 1. The fourth-order valence-corrected chi connectivity index (χ4v) is 2.87. The molecule has 0 spiro atoms. The monoisotopic (exact) mass is 288 g/mol. The standard InChI is InChI=1S/C15H16F4O/c16-13-8-4-1-5-10(13)9-14(20)11-6-2-3-7-12(11)15(17,18)19/h1,4-5,8,11-12H,2-3,6-7,9H2. The van der Waals surface area contributed by atoms with E-state index in [4.69, 9.17) is 0 Å². The van der Waals surface area contributed by atoms with Crippen molar-refractivity contribution < 1.29 is 22.4 Å². The second-order valence-electron chi connectivity index (χ2n) is 5.27. The van der Waals surface area contributed by atoms with Crippen LogP contribution in [0.3, 0.4) is 0 Å². The minimum Gasteiger partial charge on any atom is -0.299 e. The first-order chi connectivity index (χ1) is 9.39. The van der Waals surface area contributed by atoms with Crippen LogP contribution in [-0.2, 0) is 11.2 Å². The Balaban J connectivity index is 2.13. The van der Waals surface area contributed by atoms with Crippen LogP contribution in [0.15, 0.2) is 24.3 Å². The molecule has 5 heteroatoms. The number of benzene rings is 1. The number of halogens is 4. The van der Waals surface area contributed by atoms with Crippen molar-refractivity contribution in [1.82, 2.24) is 0 Å². The zero-order chi connectivity index (χ0) is 14.8. The Bertz CT molecular complexity index is 481. The minimum atomic E-state index is -4.35. The molecule has 1 aliphatic carbocycles. The molecule has 2 atom stereocenters. The van der Waals surface area contributed by atoms with Crippen molar-refractivity contribution in [1.29, 1.82) is 0 Å². The predicted octanol–water partition coefficient (Wildman–Crippen LogP) is 4.31. The molecular formula is C15H16F4O. The van der Waals surface area contributed by atoms with Gasteiger partial charge in [-0.2, -0.15) is 13.2 Å². The summed E-state index contributed by atoms with van der Waals surface area (Å²) in [7, 11) is 0. The van der Waals surface area contributed by atoms with Crippen LogP contribution in [0.4, 0.5) is 17.6 Å². The fraction of sp³-hybridized carbons (Fsp3) is 0.533. The molecule has 0 bridgehead atoms. The molecule has 0 amide bonds. The van der Waals surface area contributed by atoms with Crippen LogP contribution in [-0.4, -0.2) is 12.0 Å². The van der Waals surface area contributed by atoms with Crippen molar-refractivity contribution in [3.8, 4) is 0 Å². The smallest absolute Gasteiger partial charge is 0.299 e. The number of ketones is 1. The van der Waals surface area contributed by atoms with Crippen molar-refractivity contribution in [3.63, 3.8) is 0 Å². The summed E-state index contributed by atoms with van der Waals surface area (Å²) in [6, 6.07) is 5.72. The van der Waals surface area contributed by atoms with Gasteiger partial charge in [-0.3, -0.25) is 4.79 Å². The zero-order valence-corrected chi connectivity index (χ0v) is 10.9. The molecule has 0 N–H and O–H groups in total. The quantitative estimate of drug-likeness (QED) is 0.758. The summed E-state index contributed by atoms with van der Waals surface area (Å²) < 4.78 is 52.3. The summed E-state index contributed by atoms with van der Waals surface area (Å²) >= 11 is 0. The number of Topliss-reactive ketones (excluding diaryl/α,β-unsaturated/α-hetero) is 1. The van der Waals surface area contributed by atoms with Gasteiger partial charge >= 0.3 is 6.18 Å². The second kappa shape index (κ2) is 5.94. The molecule has 110 valence electrons. The molecule has 1 aromatic carbocycles. The van der Waals surface area contributed by atoms with E-state index < -0.39 is 29.6 Å². The Morgan fingerprint density at radius 3 is 2.45 bits per heavy atom. The lowest BCUT2D eigenvalue weighted by Crippen LogP contribution is -2.37. The van der Waals surface area contributed by atoms with Gasteiger partial charge in [0.1, 0.15) is 11.6 Å². The lowest BCUT2D eigenvalue weighted by molar-refractivity contribution is -0.197. The van der Waals surface area contributed by atoms with Crippen molar-refractivity contribution in [2.45, 2.75) is 38.3 Å². The van der Waals surface area contributed by atoms with Crippen molar-refractivity contribution in [2.24, 2.45) is 11.8 Å². The normalized spacial score (nSPS) is 23.6.